The van der Waals surface area contributed by atoms with Crippen molar-refractivity contribution in [3.63, 3.8) is 0 Å². The molecular formula is C15H19NO3. The van der Waals surface area contributed by atoms with Crippen LogP contribution in [-0.2, 0) is 9.47 Å². The Bertz CT molecular complexity index is 510. The average Bonchev–Trinajstić information content (AvgIpc) is 2.46. The highest BCUT2D eigenvalue weighted by molar-refractivity contribution is 5.81. The molecule has 0 aliphatic rings. The van der Waals surface area contributed by atoms with Gasteiger partial charge in [-0.1, -0.05) is 24.3 Å². The first-order valence-corrected chi connectivity index (χ1v) is 6.41. The van der Waals surface area contributed by atoms with Gasteiger partial charge in [-0.05, 0) is 6.07 Å². The Labute approximate surface area is 113 Å². The number of hydrogen-bond acceptors (Lipinski definition) is 4. The number of aliphatic hydroxyl groups is 1. The average molecular weight is 261 g/mol. The molecule has 0 spiro atoms. The Hall–Kier alpha value is -1.49. The second-order valence-corrected chi connectivity index (χ2v) is 4.33. The number of aliphatic hydroxyl groups excluding tert-OH is 1. The first-order valence-electron chi connectivity index (χ1n) is 6.41. The van der Waals surface area contributed by atoms with E-state index in [1.807, 2.05) is 30.3 Å². The third kappa shape index (κ3) is 3.73. The monoisotopic (exact) mass is 261 g/mol. The van der Waals surface area contributed by atoms with Crippen LogP contribution < -0.4 is 0 Å². The zero-order valence-corrected chi connectivity index (χ0v) is 11.1. The molecule has 4 nitrogen and oxygen atoms in total. The molecule has 1 aromatic carbocycles. The van der Waals surface area contributed by atoms with Gasteiger partial charge in [0.15, 0.2) is 0 Å². The number of rotatable bonds is 7. The van der Waals surface area contributed by atoms with E-state index in [4.69, 9.17) is 9.47 Å². The molecule has 4 heteroatoms. The van der Waals surface area contributed by atoms with E-state index in [2.05, 4.69) is 4.98 Å². The second-order valence-electron chi connectivity index (χ2n) is 4.33. The lowest BCUT2D eigenvalue weighted by molar-refractivity contribution is 0.0478. The molecule has 2 rings (SSSR count). The Kier molecular flexibility index (Phi) is 5.27. The van der Waals surface area contributed by atoms with Crippen molar-refractivity contribution in [2.45, 2.75) is 12.5 Å². The number of pyridine rings is 1. The van der Waals surface area contributed by atoms with Crippen molar-refractivity contribution in [1.29, 1.82) is 0 Å². The van der Waals surface area contributed by atoms with E-state index in [0.29, 0.717) is 26.2 Å². The molecule has 1 aromatic heterocycles. The van der Waals surface area contributed by atoms with Crippen LogP contribution in [0, 0.1) is 0 Å². The first kappa shape index (κ1) is 13.9. The number of nitrogens with zero attached hydrogens (tertiary/aromatic N) is 1. The van der Waals surface area contributed by atoms with Crippen LogP contribution in [0.25, 0.3) is 10.9 Å². The third-order valence-corrected chi connectivity index (χ3v) is 2.99. The van der Waals surface area contributed by atoms with Crippen molar-refractivity contribution in [1.82, 2.24) is 4.98 Å². The molecule has 1 atom stereocenters. The topological polar surface area (TPSA) is 51.6 Å². The van der Waals surface area contributed by atoms with E-state index < -0.39 is 6.10 Å². The summed E-state index contributed by atoms with van der Waals surface area (Å²) in [6.45, 7) is 1.64. The molecule has 0 aliphatic carbocycles. The molecular weight excluding hydrogens is 242 g/mol. The van der Waals surface area contributed by atoms with Gasteiger partial charge in [-0.25, -0.2) is 0 Å². The van der Waals surface area contributed by atoms with E-state index in [9.17, 15) is 5.11 Å². The smallest absolute Gasteiger partial charge is 0.0833 e. The van der Waals surface area contributed by atoms with Gasteiger partial charge in [0.2, 0.25) is 0 Å². The number of ether oxygens (including phenoxy) is 2. The van der Waals surface area contributed by atoms with Crippen LogP contribution in [0.15, 0.2) is 36.5 Å². The Morgan fingerprint density at radius 1 is 1.16 bits per heavy atom. The SMILES string of the molecule is COCCOCCC(O)c1cccc2cccnc12. The van der Waals surface area contributed by atoms with E-state index in [0.717, 1.165) is 16.5 Å². The molecule has 0 amide bonds. The number of benzene rings is 1. The predicted octanol–water partition coefficient (Wildman–Crippen LogP) is 2.32. The van der Waals surface area contributed by atoms with Crippen molar-refractivity contribution < 1.29 is 14.6 Å². The van der Waals surface area contributed by atoms with Crippen molar-refractivity contribution in [2.24, 2.45) is 0 Å². The molecule has 0 saturated carbocycles. The van der Waals surface area contributed by atoms with Crippen molar-refractivity contribution in [2.75, 3.05) is 26.9 Å². The van der Waals surface area contributed by atoms with Gasteiger partial charge >= 0.3 is 0 Å². The molecule has 0 fully saturated rings. The summed E-state index contributed by atoms with van der Waals surface area (Å²) in [4.78, 5) is 4.34. The minimum absolute atomic E-state index is 0.508. The summed E-state index contributed by atoms with van der Waals surface area (Å²) in [5.41, 5.74) is 1.71. The number of aromatic nitrogens is 1. The molecule has 19 heavy (non-hydrogen) atoms. The lowest BCUT2D eigenvalue weighted by Crippen LogP contribution is -2.07. The number of methoxy groups -OCH3 is 1. The molecule has 0 radical (unpaired) electrons. The maximum Gasteiger partial charge on any atom is 0.0833 e. The summed E-state index contributed by atoms with van der Waals surface area (Å²) in [5.74, 6) is 0. The van der Waals surface area contributed by atoms with E-state index in [-0.39, 0.29) is 0 Å². The molecule has 1 N–H and O–H groups in total. The third-order valence-electron chi connectivity index (χ3n) is 2.99. The molecule has 1 heterocycles. The summed E-state index contributed by atoms with van der Waals surface area (Å²) < 4.78 is 10.3. The molecule has 0 bridgehead atoms. The van der Waals surface area contributed by atoms with Gasteiger partial charge in [-0.2, -0.15) is 0 Å². The molecule has 0 aliphatic heterocycles. The van der Waals surface area contributed by atoms with Crippen LogP contribution in [0.1, 0.15) is 18.1 Å². The van der Waals surface area contributed by atoms with Gasteiger partial charge in [0.05, 0.1) is 24.8 Å². The maximum atomic E-state index is 10.2. The van der Waals surface area contributed by atoms with Crippen molar-refractivity contribution in [3.05, 3.63) is 42.1 Å². The molecule has 2 aromatic rings. The first-order chi connectivity index (χ1) is 9.33. The highest BCUT2D eigenvalue weighted by Gasteiger charge is 2.11. The number of para-hydroxylation sites is 1. The predicted molar refractivity (Wildman–Crippen MR) is 74.0 cm³/mol. The fourth-order valence-corrected chi connectivity index (χ4v) is 1.99. The highest BCUT2D eigenvalue weighted by atomic mass is 16.5. The van der Waals surface area contributed by atoms with Gasteiger partial charge < -0.3 is 14.6 Å². The van der Waals surface area contributed by atoms with Crippen molar-refractivity contribution >= 4 is 10.9 Å². The summed E-state index contributed by atoms with van der Waals surface area (Å²) in [7, 11) is 1.64. The fraction of sp³-hybridized carbons (Fsp3) is 0.400. The summed E-state index contributed by atoms with van der Waals surface area (Å²) >= 11 is 0. The van der Waals surface area contributed by atoms with Crippen LogP contribution in [0.2, 0.25) is 0 Å². The normalized spacial score (nSPS) is 12.7. The summed E-state index contributed by atoms with van der Waals surface area (Å²) in [6.07, 6.45) is 1.74. The van der Waals surface area contributed by atoms with E-state index in [1.54, 1.807) is 13.3 Å². The molecule has 0 saturated heterocycles. The standard InChI is InChI=1S/C15H19NO3/c1-18-10-11-19-9-7-14(17)13-6-2-4-12-5-3-8-16-15(12)13/h2-6,8,14,17H,7,9-11H2,1H3. The van der Waals surface area contributed by atoms with Crippen LogP contribution in [0.5, 0.6) is 0 Å². The Morgan fingerprint density at radius 3 is 2.84 bits per heavy atom. The quantitative estimate of drug-likeness (QED) is 0.777. The molecule has 102 valence electrons. The lowest BCUT2D eigenvalue weighted by atomic mass is 10.0. The largest absolute Gasteiger partial charge is 0.388 e. The lowest BCUT2D eigenvalue weighted by Gasteiger charge is -2.13. The second kappa shape index (κ2) is 7.19. The van der Waals surface area contributed by atoms with Crippen molar-refractivity contribution in [3.8, 4) is 0 Å². The summed E-state index contributed by atoms with van der Waals surface area (Å²) in [6, 6.07) is 9.73. The van der Waals surface area contributed by atoms with Gasteiger partial charge in [0.1, 0.15) is 0 Å². The highest BCUT2D eigenvalue weighted by Crippen LogP contribution is 2.24. The minimum Gasteiger partial charge on any atom is -0.388 e. The maximum absolute atomic E-state index is 10.2. The summed E-state index contributed by atoms with van der Waals surface area (Å²) in [5, 5.41) is 11.3. The Morgan fingerprint density at radius 2 is 2.00 bits per heavy atom. The molecule has 1 unspecified atom stereocenters. The number of hydrogen-bond donors (Lipinski definition) is 1. The van der Waals surface area contributed by atoms with Gasteiger partial charge in [0, 0.05) is 37.3 Å². The van der Waals surface area contributed by atoms with E-state index in [1.165, 1.54) is 0 Å². The van der Waals surface area contributed by atoms with Gasteiger partial charge in [-0.15, -0.1) is 0 Å². The Balaban J connectivity index is 1.99. The zero-order valence-electron chi connectivity index (χ0n) is 11.1. The van der Waals surface area contributed by atoms with Crippen LogP contribution >= 0.6 is 0 Å². The minimum atomic E-state index is -0.554. The van der Waals surface area contributed by atoms with Gasteiger partial charge in [0.25, 0.3) is 0 Å². The van der Waals surface area contributed by atoms with Crippen LogP contribution in [0.3, 0.4) is 0 Å². The number of fused-ring (bicyclic) bond motifs is 1. The fourth-order valence-electron chi connectivity index (χ4n) is 1.99. The van der Waals surface area contributed by atoms with Gasteiger partial charge in [-0.3, -0.25) is 4.98 Å². The zero-order chi connectivity index (χ0) is 13.5. The van der Waals surface area contributed by atoms with E-state index >= 15 is 0 Å². The van der Waals surface area contributed by atoms with Crippen LogP contribution in [-0.4, -0.2) is 37.0 Å². The van der Waals surface area contributed by atoms with Crippen LogP contribution in [0.4, 0.5) is 0 Å².